The zero-order valence-corrected chi connectivity index (χ0v) is 10.9. The summed E-state index contributed by atoms with van der Waals surface area (Å²) in [7, 11) is -1.30. The molecule has 96 valence electrons. The van der Waals surface area contributed by atoms with E-state index in [0.717, 1.165) is 19.4 Å². The van der Waals surface area contributed by atoms with Crippen LogP contribution in [0.3, 0.4) is 0 Å². The van der Waals surface area contributed by atoms with Gasteiger partial charge in [-0.1, -0.05) is 0 Å². The first-order chi connectivity index (χ1) is 7.47. The summed E-state index contributed by atoms with van der Waals surface area (Å²) in [6.07, 6.45) is 2.32. The molecule has 16 heavy (non-hydrogen) atoms. The lowest BCUT2D eigenvalue weighted by molar-refractivity contribution is 0.178. The van der Waals surface area contributed by atoms with E-state index in [0.29, 0.717) is 19.6 Å². The highest BCUT2D eigenvalue weighted by atomic mass is 32.2. The summed E-state index contributed by atoms with van der Waals surface area (Å²) in [6, 6.07) is 0. The zero-order chi connectivity index (χ0) is 12.1. The maximum absolute atomic E-state index is 11.8. The van der Waals surface area contributed by atoms with Crippen LogP contribution in [0.1, 0.15) is 26.2 Å². The Morgan fingerprint density at radius 1 is 1.38 bits per heavy atom. The highest BCUT2D eigenvalue weighted by Gasteiger charge is 2.33. The molecule has 1 aliphatic heterocycles. The Labute approximate surface area is 98.0 Å². The smallest absolute Gasteiger partial charge is 0.212 e. The molecule has 1 fully saturated rings. The van der Waals surface area contributed by atoms with Crippen molar-refractivity contribution in [3.05, 3.63) is 0 Å². The summed E-state index contributed by atoms with van der Waals surface area (Å²) in [5.41, 5.74) is -0.401. The minimum atomic E-state index is -3.16. The van der Waals surface area contributed by atoms with E-state index in [1.54, 1.807) is 0 Å². The van der Waals surface area contributed by atoms with Crippen molar-refractivity contribution in [2.24, 2.45) is 0 Å². The summed E-state index contributed by atoms with van der Waals surface area (Å²) in [6.45, 7) is 3.86. The largest absolute Gasteiger partial charge is 0.379 e. The summed E-state index contributed by atoms with van der Waals surface area (Å²) >= 11 is 0. The first kappa shape index (κ1) is 13.9. The summed E-state index contributed by atoms with van der Waals surface area (Å²) in [5, 5.41) is 3.00. The number of nitrogens with one attached hydrogen (secondary N) is 2. The van der Waals surface area contributed by atoms with Gasteiger partial charge in [-0.15, -0.1) is 0 Å². The number of hydrogen-bond acceptors (Lipinski definition) is 4. The number of sulfonamides is 1. The van der Waals surface area contributed by atoms with Crippen molar-refractivity contribution in [1.82, 2.24) is 10.0 Å². The lowest BCUT2D eigenvalue weighted by Gasteiger charge is -2.23. The van der Waals surface area contributed by atoms with E-state index in [2.05, 4.69) is 10.0 Å². The van der Waals surface area contributed by atoms with Crippen molar-refractivity contribution < 1.29 is 13.2 Å². The van der Waals surface area contributed by atoms with Crippen LogP contribution in [-0.4, -0.2) is 46.5 Å². The van der Waals surface area contributed by atoms with Crippen LogP contribution in [0, 0.1) is 0 Å². The lowest BCUT2D eigenvalue weighted by atomic mass is 10.0. The quantitative estimate of drug-likeness (QED) is 0.628. The molecule has 1 heterocycles. The van der Waals surface area contributed by atoms with Crippen molar-refractivity contribution in [2.45, 2.75) is 31.7 Å². The van der Waals surface area contributed by atoms with Crippen molar-refractivity contribution in [3.63, 3.8) is 0 Å². The maximum Gasteiger partial charge on any atom is 0.212 e. The van der Waals surface area contributed by atoms with Gasteiger partial charge in [-0.25, -0.2) is 13.1 Å². The zero-order valence-electron chi connectivity index (χ0n) is 10.1. The lowest BCUT2D eigenvalue weighted by Crippen LogP contribution is -2.47. The van der Waals surface area contributed by atoms with E-state index in [4.69, 9.17) is 4.74 Å². The molecule has 1 unspecified atom stereocenters. The van der Waals surface area contributed by atoms with E-state index < -0.39 is 15.6 Å². The standard InChI is InChI=1S/C10H22N2O3S/c1-10(5-7-15-9-10)12-16(13,14)8-4-3-6-11-2/h11-12H,3-9H2,1-2H3. The molecule has 6 heteroatoms. The van der Waals surface area contributed by atoms with Gasteiger partial charge in [0.15, 0.2) is 0 Å². The van der Waals surface area contributed by atoms with Crippen molar-refractivity contribution >= 4 is 10.0 Å². The average molecular weight is 250 g/mol. The molecule has 0 aromatic carbocycles. The number of rotatable bonds is 7. The van der Waals surface area contributed by atoms with Crippen LogP contribution in [0.2, 0.25) is 0 Å². The Bertz CT molecular complexity index is 297. The number of hydrogen-bond donors (Lipinski definition) is 2. The maximum atomic E-state index is 11.8. The normalized spacial score (nSPS) is 26.1. The van der Waals surface area contributed by atoms with Gasteiger partial charge in [0, 0.05) is 6.61 Å². The van der Waals surface area contributed by atoms with E-state index >= 15 is 0 Å². The molecular weight excluding hydrogens is 228 g/mol. The fourth-order valence-corrected chi connectivity index (χ4v) is 3.37. The van der Waals surface area contributed by atoms with Crippen LogP contribution in [0.4, 0.5) is 0 Å². The highest BCUT2D eigenvalue weighted by Crippen LogP contribution is 2.18. The molecule has 1 rings (SSSR count). The van der Waals surface area contributed by atoms with Gasteiger partial charge in [0.2, 0.25) is 10.0 Å². The monoisotopic (exact) mass is 250 g/mol. The van der Waals surface area contributed by atoms with Crippen LogP contribution in [0.5, 0.6) is 0 Å². The first-order valence-electron chi connectivity index (χ1n) is 5.71. The van der Waals surface area contributed by atoms with Gasteiger partial charge in [-0.3, -0.25) is 0 Å². The molecule has 0 aromatic rings. The van der Waals surface area contributed by atoms with Crippen molar-refractivity contribution in [2.75, 3.05) is 32.6 Å². The molecule has 2 N–H and O–H groups in total. The Kier molecular flexibility index (Phi) is 5.17. The summed E-state index contributed by atoms with van der Waals surface area (Å²) in [4.78, 5) is 0. The van der Waals surface area contributed by atoms with Crippen LogP contribution in [0.15, 0.2) is 0 Å². The first-order valence-corrected chi connectivity index (χ1v) is 7.37. The van der Waals surface area contributed by atoms with E-state index in [1.807, 2.05) is 14.0 Å². The molecule has 0 amide bonds. The summed E-state index contributed by atoms with van der Waals surface area (Å²) < 4.78 is 31.5. The van der Waals surface area contributed by atoms with E-state index in [9.17, 15) is 8.42 Å². The van der Waals surface area contributed by atoms with E-state index in [1.165, 1.54) is 0 Å². The predicted molar refractivity (Wildman–Crippen MR) is 63.9 cm³/mol. The number of ether oxygens (including phenoxy) is 1. The van der Waals surface area contributed by atoms with Crippen LogP contribution < -0.4 is 10.0 Å². The minimum absolute atomic E-state index is 0.199. The molecule has 5 nitrogen and oxygen atoms in total. The van der Waals surface area contributed by atoms with Crippen molar-refractivity contribution in [3.8, 4) is 0 Å². The molecule has 0 radical (unpaired) electrons. The van der Waals surface area contributed by atoms with Gasteiger partial charge in [0.1, 0.15) is 0 Å². The second-order valence-corrected chi connectivity index (χ2v) is 6.44. The van der Waals surface area contributed by atoms with Gasteiger partial charge in [0.05, 0.1) is 17.9 Å². The molecule has 0 saturated carbocycles. The van der Waals surface area contributed by atoms with Crippen molar-refractivity contribution in [1.29, 1.82) is 0 Å². The second kappa shape index (κ2) is 5.95. The fraction of sp³-hybridized carbons (Fsp3) is 1.00. The van der Waals surface area contributed by atoms with Crippen LogP contribution in [0.25, 0.3) is 0 Å². The Morgan fingerprint density at radius 3 is 2.69 bits per heavy atom. The predicted octanol–water partition coefficient (Wildman–Crippen LogP) is 0.0844. The van der Waals surface area contributed by atoms with Crippen LogP contribution >= 0.6 is 0 Å². The molecule has 1 saturated heterocycles. The fourth-order valence-electron chi connectivity index (χ4n) is 1.77. The Morgan fingerprint density at radius 2 is 2.12 bits per heavy atom. The molecule has 0 aromatic heterocycles. The van der Waals surface area contributed by atoms with Gasteiger partial charge in [0.25, 0.3) is 0 Å². The van der Waals surface area contributed by atoms with Gasteiger partial charge >= 0.3 is 0 Å². The highest BCUT2D eigenvalue weighted by molar-refractivity contribution is 7.89. The second-order valence-electron chi connectivity index (χ2n) is 4.59. The van der Waals surface area contributed by atoms with Gasteiger partial charge < -0.3 is 10.1 Å². The molecule has 1 aliphatic rings. The van der Waals surface area contributed by atoms with Gasteiger partial charge in [-0.2, -0.15) is 0 Å². The molecule has 1 atom stereocenters. The van der Waals surface area contributed by atoms with Gasteiger partial charge in [-0.05, 0) is 39.8 Å². The summed E-state index contributed by atoms with van der Waals surface area (Å²) in [5.74, 6) is 0.199. The molecule has 0 aliphatic carbocycles. The molecular formula is C10H22N2O3S. The topological polar surface area (TPSA) is 67.4 Å². The Hall–Kier alpha value is -0.170. The third kappa shape index (κ3) is 4.78. The minimum Gasteiger partial charge on any atom is -0.379 e. The molecule has 0 bridgehead atoms. The number of unbranched alkanes of at least 4 members (excludes halogenated alkanes) is 1. The average Bonchev–Trinajstić information content (AvgIpc) is 2.58. The third-order valence-electron chi connectivity index (χ3n) is 2.71. The van der Waals surface area contributed by atoms with Crippen LogP contribution in [-0.2, 0) is 14.8 Å². The molecule has 0 spiro atoms. The SMILES string of the molecule is CNCCCCS(=O)(=O)NC1(C)CCOC1. The Balaban J connectivity index is 2.33. The third-order valence-corrected chi connectivity index (χ3v) is 4.34. The van der Waals surface area contributed by atoms with E-state index in [-0.39, 0.29) is 5.75 Å².